The van der Waals surface area contributed by atoms with Crippen LogP contribution in [0, 0.1) is 10.6 Å². The van der Waals surface area contributed by atoms with E-state index in [0.29, 0.717) is 10.8 Å². The van der Waals surface area contributed by atoms with Crippen LogP contribution in [-0.4, -0.2) is 53.1 Å². The smallest absolute Gasteiger partial charge is 0.351 e. The van der Waals surface area contributed by atoms with Gasteiger partial charge in [-0.1, -0.05) is 0 Å². The van der Waals surface area contributed by atoms with Gasteiger partial charge in [-0.15, -0.1) is 0 Å². The highest BCUT2D eigenvalue weighted by Gasteiger charge is 2.41. The van der Waals surface area contributed by atoms with Crippen LogP contribution in [0.25, 0.3) is 0 Å². The van der Waals surface area contributed by atoms with Gasteiger partial charge in [-0.3, -0.25) is 18.9 Å². The number of aliphatic hydroxyl groups excluding tert-OH is 1. The molecule has 1 aromatic heterocycles. The molecule has 21 heteroatoms. The first kappa shape index (κ1) is 27.3. The highest BCUT2D eigenvalue weighted by Crippen LogP contribution is 2.66. The molecule has 5 atom stereocenters. The maximum atomic E-state index is 13.7. The van der Waals surface area contributed by atoms with Crippen molar-refractivity contribution in [1.29, 1.82) is 0 Å². The molecular formula is C9H15F2N2O13P3S. The van der Waals surface area contributed by atoms with Crippen molar-refractivity contribution >= 4 is 35.7 Å². The Morgan fingerprint density at radius 1 is 1.20 bits per heavy atom. The minimum Gasteiger partial charge on any atom is -0.351 e. The quantitative estimate of drug-likeness (QED) is 0.133. The van der Waals surface area contributed by atoms with Crippen LogP contribution in [0.5, 0.6) is 0 Å². The molecule has 0 bridgehead atoms. The zero-order valence-electron chi connectivity index (χ0n) is 14.5. The Kier molecular flexibility index (Phi) is 9.36. The molecule has 0 aliphatic carbocycles. The summed E-state index contributed by atoms with van der Waals surface area (Å²) in [5, 5.41) is 9.89. The minimum atomic E-state index is -5.79. The fourth-order valence-electron chi connectivity index (χ4n) is 1.60. The van der Waals surface area contributed by atoms with Crippen LogP contribution >= 0.6 is 35.7 Å². The Bertz CT molecular complexity index is 1010. The SMILES string of the molecule is C[C@@H](F)[C@@H](COP(=O)(O)OP(=O)(O)OP(=O)(O)O)O[C@H](O)n1cc(F)c(=O)[nH]c1=S. The third-order valence-electron chi connectivity index (χ3n) is 2.79. The van der Waals surface area contributed by atoms with E-state index in [4.69, 9.17) is 19.4 Å². The van der Waals surface area contributed by atoms with Gasteiger partial charge in [0, 0.05) is 0 Å². The molecule has 15 nitrogen and oxygen atoms in total. The molecule has 0 aliphatic heterocycles. The molecular weight excluding hydrogens is 507 g/mol. The second kappa shape index (κ2) is 10.3. The standard InChI is InChI=1S/C9H15F2N2O13P3S/c1-4(10)6(24-9(15)13-2-5(11)7(14)12-8(13)30)3-23-28(19,20)26-29(21,22)25-27(16,17)18/h2,4,6,9,15H,3H2,1H3,(H,19,20)(H,21,22)(H,12,14,30)(H2,16,17,18)/t4-,6-,9+/m1/s1. The van der Waals surface area contributed by atoms with E-state index in [1.54, 1.807) is 0 Å². The molecule has 0 radical (unpaired) electrons. The van der Waals surface area contributed by atoms with Crippen LogP contribution < -0.4 is 5.56 Å². The number of alkyl halides is 1. The number of nitrogens with one attached hydrogen (secondary N) is 1. The lowest BCUT2D eigenvalue weighted by Gasteiger charge is -2.24. The maximum absolute atomic E-state index is 13.7. The first-order chi connectivity index (χ1) is 13.4. The predicted octanol–water partition coefficient (Wildman–Crippen LogP) is 0.580. The molecule has 0 fully saturated rings. The molecule has 2 unspecified atom stereocenters. The Morgan fingerprint density at radius 2 is 1.77 bits per heavy atom. The van der Waals surface area contributed by atoms with Gasteiger partial charge in [-0.05, 0) is 19.1 Å². The highest BCUT2D eigenvalue weighted by molar-refractivity contribution is 7.71. The summed E-state index contributed by atoms with van der Waals surface area (Å²) in [6.45, 7) is -0.401. The van der Waals surface area contributed by atoms with E-state index in [2.05, 4.69) is 25.4 Å². The van der Waals surface area contributed by atoms with Crippen LogP contribution in [0.2, 0.25) is 0 Å². The topological polar surface area (TPSA) is 227 Å². The monoisotopic (exact) mass is 522 g/mol. The van der Waals surface area contributed by atoms with Gasteiger partial charge >= 0.3 is 23.5 Å². The molecule has 0 aromatic carbocycles. The Labute approximate surface area is 170 Å². The summed E-state index contributed by atoms with van der Waals surface area (Å²) in [5.41, 5.74) is -1.22. The largest absolute Gasteiger partial charge is 0.490 e. The van der Waals surface area contributed by atoms with Gasteiger partial charge in [0.05, 0.1) is 12.8 Å². The van der Waals surface area contributed by atoms with Crippen LogP contribution in [0.4, 0.5) is 8.78 Å². The van der Waals surface area contributed by atoms with E-state index in [-0.39, 0.29) is 0 Å². The molecule has 0 spiro atoms. The van der Waals surface area contributed by atoms with E-state index in [0.717, 1.165) is 6.92 Å². The van der Waals surface area contributed by atoms with E-state index in [9.17, 15) is 37.3 Å². The van der Waals surface area contributed by atoms with Crippen LogP contribution in [0.3, 0.4) is 0 Å². The first-order valence-corrected chi connectivity index (χ1v) is 12.1. The van der Waals surface area contributed by atoms with Gasteiger partial charge in [0.2, 0.25) is 12.2 Å². The third-order valence-corrected chi connectivity index (χ3v) is 6.90. The van der Waals surface area contributed by atoms with Crippen LogP contribution in [0.15, 0.2) is 11.0 Å². The van der Waals surface area contributed by atoms with Crippen molar-refractivity contribution in [3.8, 4) is 0 Å². The summed E-state index contributed by atoms with van der Waals surface area (Å²) in [4.78, 5) is 48.1. The molecule has 0 amide bonds. The molecule has 0 saturated carbocycles. The molecule has 1 heterocycles. The van der Waals surface area contributed by atoms with E-state index in [1.807, 2.05) is 4.98 Å². The first-order valence-electron chi connectivity index (χ1n) is 7.19. The lowest BCUT2D eigenvalue weighted by molar-refractivity contribution is -0.205. The summed E-state index contributed by atoms with van der Waals surface area (Å²) < 4.78 is 76.2. The molecule has 30 heavy (non-hydrogen) atoms. The average molecular weight is 522 g/mol. The number of hydrogen-bond acceptors (Lipinski definition) is 10. The number of phosphoric ester groups is 1. The fraction of sp³-hybridized carbons (Fsp3) is 0.556. The summed E-state index contributed by atoms with van der Waals surface area (Å²) in [6, 6.07) is 0. The zero-order valence-corrected chi connectivity index (χ0v) is 18.0. The van der Waals surface area contributed by atoms with Crippen molar-refractivity contribution in [1.82, 2.24) is 9.55 Å². The van der Waals surface area contributed by atoms with Crippen LogP contribution in [0.1, 0.15) is 13.3 Å². The van der Waals surface area contributed by atoms with Gasteiger partial charge in [0.1, 0.15) is 12.3 Å². The normalized spacial score (nSPS) is 19.5. The van der Waals surface area contributed by atoms with Gasteiger partial charge in [0.25, 0.3) is 5.56 Å². The van der Waals surface area contributed by atoms with Crippen molar-refractivity contribution < 1.29 is 65.0 Å². The number of H-pyrrole nitrogens is 1. The lowest BCUT2D eigenvalue weighted by Crippen LogP contribution is -2.32. The molecule has 0 saturated heterocycles. The number of rotatable bonds is 11. The van der Waals surface area contributed by atoms with Crippen molar-refractivity contribution in [2.24, 2.45) is 0 Å². The summed E-state index contributed by atoms with van der Waals surface area (Å²) in [6.07, 6.45) is -5.75. The van der Waals surface area contributed by atoms with Crippen molar-refractivity contribution in [3.05, 3.63) is 27.1 Å². The van der Waals surface area contributed by atoms with Crippen molar-refractivity contribution in [2.75, 3.05) is 6.61 Å². The number of hydrogen-bond donors (Lipinski definition) is 6. The molecule has 6 N–H and O–H groups in total. The summed E-state index contributed by atoms with van der Waals surface area (Å²) in [7, 11) is -17.0. The number of aromatic nitrogens is 2. The number of phosphoric acid groups is 3. The molecule has 1 rings (SSSR count). The number of aliphatic hydroxyl groups is 1. The van der Waals surface area contributed by atoms with Crippen molar-refractivity contribution in [3.63, 3.8) is 0 Å². The second-order valence-corrected chi connectivity index (χ2v) is 10.0. The van der Waals surface area contributed by atoms with Gasteiger partial charge in [-0.25, -0.2) is 18.1 Å². The van der Waals surface area contributed by atoms with Crippen molar-refractivity contribution in [2.45, 2.75) is 25.6 Å². The van der Waals surface area contributed by atoms with Gasteiger partial charge in [-0.2, -0.15) is 13.0 Å². The van der Waals surface area contributed by atoms with Crippen LogP contribution in [-0.2, 0) is 31.6 Å². The maximum Gasteiger partial charge on any atom is 0.490 e. The number of ether oxygens (including phenoxy) is 1. The van der Waals surface area contributed by atoms with E-state index >= 15 is 0 Å². The second-order valence-electron chi connectivity index (χ2n) is 5.21. The summed E-state index contributed by atoms with van der Waals surface area (Å²) in [5.74, 6) is -1.38. The van der Waals surface area contributed by atoms with E-state index < -0.39 is 64.9 Å². The van der Waals surface area contributed by atoms with E-state index in [1.165, 1.54) is 0 Å². The summed E-state index contributed by atoms with van der Waals surface area (Å²) >= 11 is 4.66. The Balaban J connectivity index is 2.88. The number of halogens is 2. The Morgan fingerprint density at radius 3 is 2.27 bits per heavy atom. The fourth-order valence-corrected chi connectivity index (χ4v) is 4.86. The van der Waals surface area contributed by atoms with Gasteiger partial charge in [0.15, 0.2) is 4.77 Å². The highest BCUT2D eigenvalue weighted by atomic mass is 32.1. The number of nitrogens with zero attached hydrogens (tertiary/aromatic N) is 1. The lowest BCUT2D eigenvalue weighted by atomic mass is 10.3. The number of aromatic amines is 1. The molecule has 174 valence electrons. The molecule has 1 aromatic rings. The zero-order chi connectivity index (χ0) is 23.5. The minimum absolute atomic E-state index is 0.425. The van der Waals surface area contributed by atoms with Gasteiger partial charge < -0.3 is 29.4 Å². The predicted molar refractivity (Wildman–Crippen MR) is 92.4 cm³/mol. The molecule has 0 aliphatic rings. The third kappa shape index (κ3) is 9.20. The Hall–Kier alpha value is -0.710. The average Bonchev–Trinajstić information content (AvgIpc) is 2.50.